The lowest BCUT2D eigenvalue weighted by Gasteiger charge is -2.44. The Morgan fingerprint density at radius 3 is 2.60 bits per heavy atom. The minimum absolute atomic E-state index is 0.0422. The fourth-order valence-electron chi connectivity index (χ4n) is 3.61. The molecule has 1 unspecified atom stereocenters. The topological polar surface area (TPSA) is 88.4 Å². The summed E-state index contributed by atoms with van der Waals surface area (Å²) in [6, 6.07) is 6.44. The zero-order valence-electron chi connectivity index (χ0n) is 13.6. The van der Waals surface area contributed by atoms with Gasteiger partial charge >= 0.3 is 0 Å². The number of hydrogen-bond acceptors (Lipinski definition) is 6. The number of piperidine rings is 3. The molecule has 130 valence electrons. The highest BCUT2D eigenvalue weighted by Crippen LogP contribution is 2.29. The molecule has 3 fully saturated rings. The molecular weight excluding hydrogens is 340 g/mol. The third-order valence-corrected chi connectivity index (χ3v) is 6.07. The van der Waals surface area contributed by atoms with Gasteiger partial charge in [0.1, 0.15) is 9.88 Å². The van der Waals surface area contributed by atoms with Crippen molar-refractivity contribution in [3.05, 3.63) is 45.5 Å². The largest absolute Gasteiger partial charge is 0.347 e. The summed E-state index contributed by atoms with van der Waals surface area (Å²) in [6.45, 7) is 3.22. The van der Waals surface area contributed by atoms with E-state index in [-0.39, 0.29) is 17.6 Å². The van der Waals surface area contributed by atoms with Crippen LogP contribution < -0.4 is 5.32 Å². The maximum absolute atomic E-state index is 12.5. The fourth-order valence-corrected chi connectivity index (χ4v) is 4.43. The van der Waals surface area contributed by atoms with E-state index >= 15 is 0 Å². The molecule has 3 aliphatic rings. The number of benzene rings is 1. The maximum Gasteiger partial charge on any atom is 0.269 e. The Bertz CT molecular complexity index is 796. The summed E-state index contributed by atoms with van der Waals surface area (Å²) >= 11 is 1.31. The molecule has 0 saturated carbocycles. The van der Waals surface area contributed by atoms with Crippen molar-refractivity contribution in [3.8, 4) is 10.6 Å². The highest BCUT2D eigenvalue weighted by Gasteiger charge is 2.35. The standard InChI is InChI=1S/C17H18N4O3S/c22-16(19-14-10-20-7-5-11(14)6-8-20)15-9-18-17(25-15)12-1-3-13(4-2-12)21(23)24/h1-4,9,11,14H,5-8,10H2,(H,19,22). The molecule has 1 N–H and O–H groups in total. The average molecular weight is 358 g/mol. The van der Waals surface area contributed by atoms with Gasteiger partial charge in [-0.1, -0.05) is 0 Å². The number of nitrogens with zero attached hydrogens (tertiary/aromatic N) is 3. The molecule has 1 atom stereocenters. The predicted octanol–water partition coefficient (Wildman–Crippen LogP) is 2.54. The minimum Gasteiger partial charge on any atom is -0.347 e. The van der Waals surface area contributed by atoms with Crippen molar-refractivity contribution in [1.29, 1.82) is 0 Å². The number of nitrogens with one attached hydrogen (secondary N) is 1. The van der Waals surface area contributed by atoms with Crippen LogP contribution in [-0.4, -0.2) is 46.4 Å². The molecule has 0 radical (unpaired) electrons. The molecule has 4 heterocycles. The molecular formula is C17H18N4O3S. The molecule has 2 bridgehead atoms. The zero-order chi connectivity index (χ0) is 17.4. The predicted molar refractivity (Wildman–Crippen MR) is 94.6 cm³/mol. The van der Waals surface area contributed by atoms with E-state index in [1.807, 2.05) is 0 Å². The van der Waals surface area contributed by atoms with E-state index in [0.29, 0.717) is 15.8 Å². The smallest absolute Gasteiger partial charge is 0.269 e. The van der Waals surface area contributed by atoms with Crippen LogP contribution in [0.4, 0.5) is 5.69 Å². The lowest BCUT2D eigenvalue weighted by Crippen LogP contribution is -2.57. The summed E-state index contributed by atoms with van der Waals surface area (Å²) in [5.41, 5.74) is 0.818. The minimum atomic E-state index is -0.432. The summed E-state index contributed by atoms with van der Waals surface area (Å²) in [4.78, 5) is 30.1. The van der Waals surface area contributed by atoms with Crippen LogP contribution in [0.2, 0.25) is 0 Å². The molecule has 1 aromatic heterocycles. The third-order valence-electron chi connectivity index (χ3n) is 5.03. The van der Waals surface area contributed by atoms with E-state index in [4.69, 9.17) is 0 Å². The first kappa shape index (κ1) is 16.2. The normalized spacial score (nSPS) is 24.9. The van der Waals surface area contributed by atoms with Crippen LogP contribution >= 0.6 is 11.3 Å². The molecule has 0 aliphatic carbocycles. The second kappa shape index (κ2) is 6.53. The van der Waals surface area contributed by atoms with Gasteiger partial charge in [-0.2, -0.15) is 0 Å². The number of carbonyl (C=O) groups excluding carboxylic acids is 1. The van der Waals surface area contributed by atoms with Crippen LogP contribution in [0.15, 0.2) is 30.5 Å². The molecule has 25 heavy (non-hydrogen) atoms. The second-order valence-electron chi connectivity index (χ2n) is 6.55. The lowest BCUT2D eigenvalue weighted by molar-refractivity contribution is -0.384. The molecule has 2 aromatic rings. The number of hydrogen-bond donors (Lipinski definition) is 1. The zero-order valence-corrected chi connectivity index (χ0v) is 14.4. The van der Waals surface area contributed by atoms with Crippen molar-refractivity contribution in [3.63, 3.8) is 0 Å². The third kappa shape index (κ3) is 3.27. The first-order chi connectivity index (χ1) is 12.1. The van der Waals surface area contributed by atoms with Crippen molar-refractivity contribution in [1.82, 2.24) is 15.2 Å². The number of fused-ring (bicyclic) bond motifs is 3. The van der Waals surface area contributed by atoms with Gasteiger partial charge in [-0.25, -0.2) is 4.98 Å². The number of carbonyl (C=O) groups is 1. The van der Waals surface area contributed by atoms with Gasteiger partial charge in [0.25, 0.3) is 11.6 Å². The lowest BCUT2D eigenvalue weighted by atomic mass is 9.84. The molecule has 7 nitrogen and oxygen atoms in total. The van der Waals surface area contributed by atoms with Gasteiger partial charge in [0.05, 0.1) is 11.1 Å². The van der Waals surface area contributed by atoms with E-state index in [1.165, 1.54) is 23.5 Å². The van der Waals surface area contributed by atoms with Crippen molar-refractivity contribution in [2.75, 3.05) is 19.6 Å². The summed E-state index contributed by atoms with van der Waals surface area (Å²) in [7, 11) is 0. The van der Waals surface area contributed by atoms with Crippen molar-refractivity contribution >= 4 is 22.9 Å². The van der Waals surface area contributed by atoms with Gasteiger partial charge in [-0.05, 0) is 44.0 Å². The number of amides is 1. The van der Waals surface area contributed by atoms with Crippen molar-refractivity contribution < 1.29 is 9.72 Å². The molecule has 5 rings (SSSR count). The van der Waals surface area contributed by atoms with E-state index < -0.39 is 4.92 Å². The van der Waals surface area contributed by atoms with Gasteiger partial charge < -0.3 is 10.2 Å². The van der Waals surface area contributed by atoms with Crippen LogP contribution in [0.5, 0.6) is 0 Å². The van der Waals surface area contributed by atoms with Crippen LogP contribution in [0.1, 0.15) is 22.5 Å². The Balaban J connectivity index is 1.45. The number of nitro groups is 1. The highest BCUT2D eigenvalue weighted by atomic mass is 32.1. The first-order valence-electron chi connectivity index (χ1n) is 8.34. The van der Waals surface area contributed by atoms with Gasteiger partial charge in [0.15, 0.2) is 0 Å². The molecule has 3 saturated heterocycles. The van der Waals surface area contributed by atoms with Crippen LogP contribution in [0.25, 0.3) is 10.6 Å². The monoisotopic (exact) mass is 358 g/mol. The summed E-state index contributed by atoms with van der Waals surface area (Å²) in [5.74, 6) is 0.500. The van der Waals surface area contributed by atoms with Gasteiger partial charge in [-0.3, -0.25) is 14.9 Å². The number of non-ortho nitro benzene ring substituents is 1. The van der Waals surface area contributed by atoms with Gasteiger partial charge in [-0.15, -0.1) is 11.3 Å². The Labute approximate surface area is 148 Å². The number of nitro benzene ring substituents is 1. The first-order valence-corrected chi connectivity index (χ1v) is 9.15. The van der Waals surface area contributed by atoms with Gasteiger partial charge in [0.2, 0.25) is 0 Å². The molecule has 1 aromatic carbocycles. The SMILES string of the molecule is O=C(NC1CN2CCC1CC2)c1cnc(-c2ccc([N+](=O)[O-])cc2)s1. The van der Waals surface area contributed by atoms with Crippen LogP contribution in [0, 0.1) is 16.0 Å². The Hall–Kier alpha value is -2.32. The molecule has 1 amide bonds. The summed E-state index contributed by atoms with van der Waals surface area (Å²) in [5, 5.41) is 14.6. The Kier molecular flexibility index (Phi) is 4.22. The van der Waals surface area contributed by atoms with E-state index in [9.17, 15) is 14.9 Å². The van der Waals surface area contributed by atoms with Crippen LogP contribution in [-0.2, 0) is 0 Å². The molecule has 3 aliphatic heterocycles. The summed E-state index contributed by atoms with van der Waals surface area (Å²) in [6.07, 6.45) is 3.89. The van der Waals surface area contributed by atoms with E-state index in [0.717, 1.165) is 38.0 Å². The van der Waals surface area contributed by atoms with E-state index in [2.05, 4.69) is 15.2 Å². The maximum atomic E-state index is 12.5. The molecule has 8 heteroatoms. The van der Waals surface area contributed by atoms with Gasteiger partial charge in [0, 0.05) is 30.3 Å². The van der Waals surface area contributed by atoms with E-state index in [1.54, 1.807) is 18.3 Å². The number of thiazole rings is 1. The molecule has 0 spiro atoms. The van der Waals surface area contributed by atoms with Crippen molar-refractivity contribution in [2.45, 2.75) is 18.9 Å². The number of aromatic nitrogens is 1. The average Bonchev–Trinajstić information content (AvgIpc) is 3.13. The fraction of sp³-hybridized carbons (Fsp3) is 0.412. The Morgan fingerprint density at radius 1 is 1.28 bits per heavy atom. The number of rotatable bonds is 4. The van der Waals surface area contributed by atoms with Crippen LogP contribution in [0.3, 0.4) is 0 Å². The van der Waals surface area contributed by atoms with Crippen molar-refractivity contribution in [2.24, 2.45) is 5.92 Å². The quantitative estimate of drug-likeness (QED) is 0.670. The second-order valence-corrected chi connectivity index (χ2v) is 7.58. The Morgan fingerprint density at radius 2 is 2.00 bits per heavy atom. The summed E-state index contributed by atoms with van der Waals surface area (Å²) < 4.78 is 0. The highest BCUT2D eigenvalue weighted by molar-refractivity contribution is 7.16.